The van der Waals surface area contributed by atoms with Crippen molar-refractivity contribution < 1.29 is 18.8 Å². The zero-order chi connectivity index (χ0) is 22.0. The maximum absolute atomic E-state index is 11.8. The molecule has 0 aliphatic carbocycles. The van der Waals surface area contributed by atoms with Gasteiger partial charge in [-0.1, -0.05) is 84.0 Å². The Balaban J connectivity index is 1.30. The molecule has 0 bridgehead atoms. The first kappa shape index (κ1) is 21.3. The SMILES string of the molecule is O=C(COc1ccccc1)OCCCc1noc(C(c2ccccc2)c2ccccc2)n1. The van der Waals surface area contributed by atoms with E-state index < -0.39 is 5.97 Å². The van der Waals surface area contributed by atoms with E-state index in [9.17, 15) is 4.79 Å². The largest absolute Gasteiger partial charge is 0.482 e. The van der Waals surface area contributed by atoms with Gasteiger partial charge in [-0.25, -0.2) is 4.79 Å². The summed E-state index contributed by atoms with van der Waals surface area (Å²) in [7, 11) is 0. The third-order valence-corrected chi connectivity index (χ3v) is 4.90. The van der Waals surface area contributed by atoms with E-state index in [0.717, 1.165) is 11.1 Å². The molecule has 6 heteroatoms. The normalized spacial score (nSPS) is 10.8. The minimum atomic E-state index is -0.407. The molecule has 0 fully saturated rings. The quantitative estimate of drug-likeness (QED) is 0.267. The number of carbonyl (C=O) groups excluding carboxylic acids is 1. The second-order valence-electron chi connectivity index (χ2n) is 7.23. The van der Waals surface area contributed by atoms with Crippen LogP contribution in [-0.4, -0.2) is 29.3 Å². The number of nitrogens with zero attached hydrogens (tertiary/aromatic N) is 2. The molecule has 1 heterocycles. The third kappa shape index (κ3) is 5.82. The molecule has 4 rings (SSSR count). The van der Waals surface area contributed by atoms with Crippen LogP contribution in [0, 0.1) is 0 Å². The number of benzene rings is 3. The highest BCUT2D eigenvalue weighted by Crippen LogP contribution is 2.30. The average molecular weight is 428 g/mol. The number of rotatable bonds is 10. The summed E-state index contributed by atoms with van der Waals surface area (Å²) in [6, 6.07) is 29.3. The topological polar surface area (TPSA) is 74.5 Å². The molecular weight excluding hydrogens is 404 g/mol. The number of esters is 1. The lowest BCUT2D eigenvalue weighted by atomic mass is 9.91. The van der Waals surface area contributed by atoms with E-state index >= 15 is 0 Å². The Morgan fingerprint density at radius 1 is 0.844 bits per heavy atom. The van der Waals surface area contributed by atoms with Crippen LogP contribution in [0.3, 0.4) is 0 Å². The Bertz CT molecular complexity index is 1060. The van der Waals surface area contributed by atoms with E-state index in [4.69, 9.17) is 14.0 Å². The van der Waals surface area contributed by atoms with Crippen molar-refractivity contribution in [3.8, 4) is 5.75 Å². The van der Waals surface area contributed by atoms with Crippen molar-refractivity contribution in [1.29, 1.82) is 0 Å². The first-order valence-electron chi connectivity index (χ1n) is 10.6. The summed E-state index contributed by atoms with van der Waals surface area (Å²) in [6.45, 7) is 0.147. The fourth-order valence-corrected chi connectivity index (χ4v) is 3.37. The Hall–Kier alpha value is -3.93. The van der Waals surface area contributed by atoms with Crippen molar-refractivity contribution in [2.75, 3.05) is 13.2 Å². The fraction of sp³-hybridized carbons (Fsp3) is 0.192. The van der Waals surface area contributed by atoms with Crippen LogP contribution in [0.15, 0.2) is 95.5 Å². The van der Waals surface area contributed by atoms with Gasteiger partial charge in [-0.05, 0) is 29.7 Å². The Kier molecular flexibility index (Phi) is 7.26. The van der Waals surface area contributed by atoms with Gasteiger partial charge in [0.25, 0.3) is 0 Å². The lowest BCUT2D eigenvalue weighted by molar-refractivity contribution is -0.146. The summed E-state index contributed by atoms with van der Waals surface area (Å²) in [5.74, 6) is 1.23. The van der Waals surface area contributed by atoms with Gasteiger partial charge in [-0.2, -0.15) is 4.98 Å². The van der Waals surface area contributed by atoms with Crippen LogP contribution in [0.1, 0.15) is 35.2 Å². The monoisotopic (exact) mass is 428 g/mol. The predicted molar refractivity (Wildman–Crippen MR) is 119 cm³/mol. The van der Waals surface area contributed by atoms with Crippen LogP contribution in [0.2, 0.25) is 0 Å². The Morgan fingerprint density at radius 2 is 1.44 bits per heavy atom. The van der Waals surface area contributed by atoms with E-state index in [0.29, 0.717) is 30.3 Å². The molecule has 3 aromatic carbocycles. The molecule has 0 radical (unpaired) electrons. The Morgan fingerprint density at radius 3 is 2.06 bits per heavy atom. The number of para-hydroxylation sites is 1. The van der Waals surface area contributed by atoms with Gasteiger partial charge in [0.1, 0.15) is 5.75 Å². The highest BCUT2D eigenvalue weighted by Gasteiger charge is 2.23. The van der Waals surface area contributed by atoms with Crippen molar-refractivity contribution in [2.24, 2.45) is 0 Å². The van der Waals surface area contributed by atoms with E-state index in [1.165, 1.54) is 0 Å². The molecule has 0 aliphatic heterocycles. The molecule has 1 aromatic heterocycles. The minimum absolute atomic E-state index is 0.119. The molecule has 0 unspecified atom stereocenters. The number of aryl methyl sites for hydroxylation is 1. The third-order valence-electron chi connectivity index (χ3n) is 4.90. The highest BCUT2D eigenvalue weighted by molar-refractivity contribution is 5.71. The van der Waals surface area contributed by atoms with Gasteiger partial charge in [0.2, 0.25) is 5.89 Å². The second kappa shape index (κ2) is 10.9. The lowest BCUT2D eigenvalue weighted by Gasteiger charge is -2.13. The number of hydrogen-bond acceptors (Lipinski definition) is 6. The van der Waals surface area contributed by atoms with E-state index in [1.807, 2.05) is 54.6 Å². The van der Waals surface area contributed by atoms with Crippen molar-refractivity contribution in [3.63, 3.8) is 0 Å². The lowest BCUT2D eigenvalue weighted by Crippen LogP contribution is -2.15. The summed E-state index contributed by atoms with van der Waals surface area (Å²) in [4.78, 5) is 16.5. The first-order valence-corrected chi connectivity index (χ1v) is 10.6. The molecule has 0 amide bonds. The number of hydrogen-bond donors (Lipinski definition) is 0. The molecular formula is C26H24N2O4. The van der Waals surface area contributed by atoms with Crippen LogP contribution in [0.5, 0.6) is 5.75 Å². The van der Waals surface area contributed by atoms with Crippen LogP contribution in [0.25, 0.3) is 0 Å². The molecule has 4 aromatic rings. The van der Waals surface area contributed by atoms with Crippen molar-refractivity contribution in [1.82, 2.24) is 10.1 Å². The molecule has 0 atom stereocenters. The van der Waals surface area contributed by atoms with Gasteiger partial charge in [0.05, 0.1) is 12.5 Å². The summed E-state index contributed by atoms with van der Waals surface area (Å²) in [5.41, 5.74) is 2.17. The van der Waals surface area contributed by atoms with Gasteiger partial charge in [-0.15, -0.1) is 0 Å². The van der Waals surface area contributed by atoms with E-state index in [1.54, 1.807) is 12.1 Å². The molecule has 0 saturated carbocycles. The molecule has 32 heavy (non-hydrogen) atoms. The van der Waals surface area contributed by atoms with Crippen molar-refractivity contribution >= 4 is 5.97 Å². The fourth-order valence-electron chi connectivity index (χ4n) is 3.37. The van der Waals surface area contributed by atoms with Crippen molar-refractivity contribution in [3.05, 3.63) is 114 Å². The Labute approximate surface area is 186 Å². The van der Waals surface area contributed by atoms with Crippen LogP contribution in [-0.2, 0) is 16.0 Å². The molecule has 162 valence electrons. The summed E-state index contributed by atoms with van der Waals surface area (Å²) >= 11 is 0. The highest BCUT2D eigenvalue weighted by atomic mass is 16.6. The van der Waals surface area contributed by atoms with E-state index in [2.05, 4.69) is 34.4 Å². The molecule has 0 spiro atoms. The van der Waals surface area contributed by atoms with Gasteiger partial charge in [0.15, 0.2) is 12.4 Å². The predicted octanol–water partition coefficient (Wildman–Crippen LogP) is 4.80. The van der Waals surface area contributed by atoms with Crippen LogP contribution in [0.4, 0.5) is 0 Å². The van der Waals surface area contributed by atoms with Gasteiger partial charge < -0.3 is 14.0 Å². The molecule has 0 saturated heterocycles. The first-order chi connectivity index (χ1) is 15.8. The smallest absolute Gasteiger partial charge is 0.344 e. The summed E-state index contributed by atoms with van der Waals surface area (Å²) < 4.78 is 16.2. The standard InChI is InChI=1S/C26H24N2O4/c29-24(19-31-22-15-8-3-9-16-22)30-18-10-17-23-27-26(32-28-23)25(20-11-4-1-5-12-20)21-13-6-2-7-14-21/h1-9,11-16,25H,10,17-19H2. The number of ether oxygens (including phenoxy) is 2. The van der Waals surface area contributed by atoms with Gasteiger partial charge in [0, 0.05) is 6.42 Å². The molecule has 6 nitrogen and oxygen atoms in total. The second-order valence-corrected chi connectivity index (χ2v) is 7.23. The van der Waals surface area contributed by atoms with Gasteiger partial charge in [-0.3, -0.25) is 0 Å². The zero-order valence-electron chi connectivity index (χ0n) is 17.6. The van der Waals surface area contributed by atoms with Gasteiger partial charge >= 0.3 is 5.97 Å². The summed E-state index contributed by atoms with van der Waals surface area (Å²) in [5, 5.41) is 4.13. The maximum atomic E-state index is 11.8. The van der Waals surface area contributed by atoms with Crippen LogP contribution < -0.4 is 4.74 Å². The molecule has 0 aliphatic rings. The average Bonchev–Trinajstić information content (AvgIpc) is 3.31. The van der Waals surface area contributed by atoms with Crippen molar-refractivity contribution in [2.45, 2.75) is 18.8 Å². The summed E-state index contributed by atoms with van der Waals surface area (Å²) in [6.07, 6.45) is 1.14. The zero-order valence-corrected chi connectivity index (χ0v) is 17.6. The maximum Gasteiger partial charge on any atom is 0.344 e. The number of aromatic nitrogens is 2. The number of carbonyl (C=O) groups is 1. The molecule has 0 N–H and O–H groups in total. The minimum Gasteiger partial charge on any atom is -0.482 e. The van der Waals surface area contributed by atoms with E-state index in [-0.39, 0.29) is 19.1 Å². The van der Waals surface area contributed by atoms with Crippen LogP contribution >= 0.6 is 0 Å².